The number of nitrogens with two attached hydrogens (primary N) is 1. The van der Waals surface area contributed by atoms with Crippen LogP contribution in [0.15, 0.2) is 48.2 Å². The maximum atomic E-state index is 9.20. The zero-order chi connectivity index (χ0) is 16.3. The summed E-state index contributed by atoms with van der Waals surface area (Å²) in [6.45, 7) is 1.62. The van der Waals surface area contributed by atoms with Gasteiger partial charge in [-0.25, -0.2) is 9.88 Å². The van der Waals surface area contributed by atoms with Gasteiger partial charge in [0.1, 0.15) is 0 Å². The van der Waals surface area contributed by atoms with Gasteiger partial charge in [0.05, 0.1) is 12.0 Å². The van der Waals surface area contributed by atoms with Crippen LogP contribution in [0.25, 0.3) is 0 Å². The number of nitriles is 1. The summed E-state index contributed by atoms with van der Waals surface area (Å²) >= 11 is 0. The fourth-order valence-corrected chi connectivity index (χ4v) is 2.18. The quantitative estimate of drug-likeness (QED) is 0.265. The zero-order valence-corrected chi connectivity index (χ0v) is 13.0. The first-order valence-electron chi connectivity index (χ1n) is 7.67. The number of hydrogen-bond acceptors (Lipinski definition) is 4. The van der Waals surface area contributed by atoms with Gasteiger partial charge in [-0.2, -0.15) is 5.26 Å². The molecule has 0 aromatic carbocycles. The van der Waals surface area contributed by atoms with Crippen molar-refractivity contribution in [3.63, 3.8) is 0 Å². The Balaban J connectivity index is 1.67. The summed E-state index contributed by atoms with van der Waals surface area (Å²) in [5.41, 5.74) is 6.56. The molecule has 2 N–H and O–H groups in total. The topological polar surface area (TPSA) is 96.1 Å². The predicted molar refractivity (Wildman–Crippen MR) is 89.5 cm³/mol. The van der Waals surface area contributed by atoms with Gasteiger partial charge in [-0.3, -0.25) is 9.98 Å². The van der Waals surface area contributed by atoms with Crippen LogP contribution in [0.2, 0.25) is 0 Å². The molecule has 0 aliphatic heterocycles. The molecule has 120 valence electrons. The molecular weight excluding hydrogens is 290 g/mol. The second kappa shape index (κ2) is 9.20. The number of nitrogens with zero attached hydrogens (tertiary/aromatic N) is 6. The second-order valence-electron chi connectivity index (χ2n) is 5.10. The van der Waals surface area contributed by atoms with Crippen LogP contribution in [0.3, 0.4) is 0 Å². The summed E-state index contributed by atoms with van der Waals surface area (Å²) < 4.78 is 2.08. The van der Waals surface area contributed by atoms with Gasteiger partial charge in [-0.15, -0.1) is 0 Å². The van der Waals surface area contributed by atoms with E-state index in [2.05, 4.69) is 19.5 Å². The number of pyridine rings is 1. The van der Waals surface area contributed by atoms with Crippen molar-refractivity contribution in [1.29, 1.82) is 5.26 Å². The number of imidazole rings is 1. The summed E-state index contributed by atoms with van der Waals surface area (Å²) in [6, 6.07) is 3.45. The smallest absolute Gasteiger partial charge is 0.209 e. The van der Waals surface area contributed by atoms with Gasteiger partial charge < -0.3 is 10.3 Å². The highest BCUT2D eigenvalue weighted by Gasteiger charge is 2.08. The highest BCUT2D eigenvalue weighted by Crippen LogP contribution is 2.10. The van der Waals surface area contributed by atoms with E-state index in [0.29, 0.717) is 12.2 Å². The lowest BCUT2D eigenvalue weighted by Gasteiger charge is -2.13. The van der Waals surface area contributed by atoms with Crippen molar-refractivity contribution in [3.05, 3.63) is 43.2 Å². The Kier molecular flexibility index (Phi) is 6.60. The van der Waals surface area contributed by atoms with Crippen molar-refractivity contribution in [2.45, 2.75) is 32.2 Å². The molecule has 0 saturated carbocycles. The van der Waals surface area contributed by atoms with Crippen molar-refractivity contribution in [2.75, 3.05) is 11.4 Å². The Morgan fingerprint density at radius 2 is 1.96 bits per heavy atom. The first kappa shape index (κ1) is 16.5. The monoisotopic (exact) mass is 311 g/mol. The van der Waals surface area contributed by atoms with Crippen molar-refractivity contribution >= 4 is 11.6 Å². The van der Waals surface area contributed by atoms with Crippen LogP contribution in [0.5, 0.6) is 0 Å². The minimum Gasteiger partial charge on any atom is -0.369 e. The van der Waals surface area contributed by atoms with E-state index in [9.17, 15) is 5.26 Å². The van der Waals surface area contributed by atoms with Crippen LogP contribution in [0.1, 0.15) is 25.7 Å². The van der Waals surface area contributed by atoms with Gasteiger partial charge in [0, 0.05) is 37.9 Å². The van der Waals surface area contributed by atoms with Crippen LogP contribution in [-0.4, -0.2) is 27.0 Å². The van der Waals surface area contributed by atoms with E-state index in [1.807, 2.05) is 18.7 Å². The van der Waals surface area contributed by atoms with Crippen LogP contribution in [0.4, 0.5) is 5.69 Å². The number of anilines is 1. The summed E-state index contributed by atoms with van der Waals surface area (Å²) in [7, 11) is 0. The predicted octanol–water partition coefficient (Wildman–Crippen LogP) is 2.14. The molecule has 2 heterocycles. The van der Waals surface area contributed by atoms with Crippen molar-refractivity contribution in [3.8, 4) is 6.19 Å². The molecule has 0 fully saturated rings. The summed E-state index contributed by atoms with van der Waals surface area (Å²) in [6.07, 6.45) is 15.2. The summed E-state index contributed by atoms with van der Waals surface area (Å²) in [5.74, 6) is 0.220. The molecular formula is C16H21N7. The molecule has 0 spiro atoms. The van der Waals surface area contributed by atoms with Crippen LogP contribution in [0, 0.1) is 11.5 Å². The summed E-state index contributed by atoms with van der Waals surface area (Å²) in [5, 5.41) is 9.20. The van der Waals surface area contributed by atoms with Crippen LogP contribution < -0.4 is 10.6 Å². The molecule has 23 heavy (non-hydrogen) atoms. The molecule has 0 bridgehead atoms. The van der Waals surface area contributed by atoms with Gasteiger partial charge in [0.25, 0.3) is 0 Å². The van der Waals surface area contributed by atoms with Crippen molar-refractivity contribution in [1.82, 2.24) is 14.5 Å². The largest absolute Gasteiger partial charge is 0.369 e. The van der Waals surface area contributed by atoms with E-state index >= 15 is 0 Å². The number of hydrogen-bond donors (Lipinski definition) is 1. The average molecular weight is 311 g/mol. The number of unbranched alkanes of at least 4 members (excludes halogenated alkanes) is 3. The molecule has 0 atom stereocenters. The van der Waals surface area contributed by atoms with Crippen LogP contribution >= 0.6 is 0 Å². The minimum atomic E-state index is 0.220. The maximum Gasteiger partial charge on any atom is 0.209 e. The molecule has 2 aromatic heterocycles. The Labute approximate surface area is 136 Å². The van der Waals surface area contributed by atoms with Gasteiger partial charge in [0.15, 0.2) is 6.19 Å². The van der Waals surface area contributed by atoms with E-state index in [1.54, 1.807) is 30.7 Å². The third-order valence-corrected chi connectivity index (χ3v) is 3.41. The maximum absolute atomic E-state index is 9.20. The zero-order valence-electron chi connectivity index (χ0n) is 13.0. The third-order valence-electron chi connectivity index (χ3n) is 3.41. The minimum absolute atomic E-state index is 0.220. The Bertz CT molecular complexity index is 628. The van der Waals surface area contributed by atoms with E-state index in [1.165, 1.54) is 4.90 Å². The highest BCUT2D eigenvalue weighted by atomic mass is 15.2. The average Bonchev–Trinajstić information content (AvgIpc) is 3.09. The number of guanidine groups is 1. The molecule has 0 saturated heterocycles. The second-order valence-corrected chi connectivity index (χ2v) is 5.10. The number of aromatic nitrogens is 3. The molecule has 0 radical (unpaired) electrons. The molecule has 0 aliphatic rings. The first-order valence-corrected chi connectivity index (χ1v) is 7.67. The first-order chi connectivity index (χ1) is 11.3. The lowest BCUT2D eigenvalue weighted by molar-refractivity contribution is 0.574. The molecule has 0 aliphatic carbocycles. The van der Waals surface area contributed by atoms with Gasteiger partial charge >= 0.3 is 0 Å². The normalized spacial score (nSPS) is 11.2. The standard InChI is InChI=1S/C16H21N7/c17-13-23(15-5-8-19-9-6-15)16(18)21-7-3-1-2-4-11-22-12-10-20-14-22/h5-6,8-10,12,14H,1-4,7,11H2,(H2,18,21). The fraction of sp³-hybridized carbons (Fsp3) is 0.375. The van der Waals surface area contributed by atoms with E-state index in [-0.39, 0.29) is 5.96 Å². The molecule has 0 unspecified atom stereocenters. The van der Waals surface area contributed by atoms with E-state index in [0.717, 1.165) is 32.2 Å². The van der Waals surface area contributed by atoms with Crippen molar-refractivity contribution in [2.24, 2.45) is 10.7 Å². The van der Waals surface area contributed by atoms with Gasteiger partial charge in [-0.05, 0) is 25.0 Å². The van der Waals surface area contributed by atoms with E-state index in [4.69, 9.17) is 5.73 Å². The SMILES string of the molecule is N#CN(C(N)=NCCCCCCn1ccnc1)c1ccncc1. The Hall–Kier alpha value is -2.88. The Morgan fingerprint density at radius 3 is 2.65 bits per heavy atom. The van der Waals surface area contributed by atoms with Crippen molar-refractivity contribution < 1.29 is 0 Å². The fourth-order valence-electron chi connectivity index (χ4n) is 2.18. The Morgan fingerprint density at radius 1 is 1.17 bits per heavy atom. The van der Waals surface area contributed by atoms with Gasteiger partial charge in [0.2, 0.25) is 5.96 Å². The highest BCUT2D eigenvalue weighted by molar-refractivity contribution is 5.97. The lowest BCUT2D eigenvalue weighted by Crippen LogP contribution is -2.33. The lowest BCUT2D eigenvalue weighted by atomic mass is 10.2. The molecule has 7 heteroatoms. The number of aliphatic imine (C=N–C) groups is 1. The third kappa shape index (κ3) is 5.43. The molecule has 2 aromatic rings. The van der Waals surface area contributed by atoms with E-state index < -0.39 is 0 Å². The number of rotatable bonds is 8. The van der Waals surface area contributed by atoms with Gasteiger partial charge in [-0.1, -0.05) is 12.8 Å². The molecule has 0 amide bonds. The summed E-state index contributed by atoms with van der Waals surface area (Å²) in [4.78, 5) is 13.5. The number of aryl methyl sites for hydroxylation is 1. The van der Waals surface area contributed by atoms with Crippen LogP contribution in [-0.2, 0) is 6.54 Å². The molecule has 2 rings (SSSR count). The molecule has 7 nitrogen and oxygen atoms in total.